The molecule has 1 amide bonds. The third-order valence-corrected chi connectivity index (χ3v) is 6.49. The smallest absolute Gasteiger partial charge is 0.251 e. The van der Waals surface area contributed by atoms with Gasteiger partial charge in [-0.15, -0.1) is 0 Å². The first-order chi connectivity index (χ1) is 17.5. The predicted molar refractivity (Wildman–Crippen MR) is 144 cm³/mol. The highest BCUT2D eigenvalue weighted by Crippen LogP contribution is 2.20. The van der Waals surface area contributed by atoms with Gasteiger partial charge in [-0.3, -0.25) is 4.79 Å². The number of rotatable bonds is 12. The number of unbranched alkanes of at least 4 members (excludes halogenated alkanes) is 2. The van der Waals surface area contributed by atoms with E-state index in [0.717, 1.165) is 54.8 Å². The van der Waals surface area contributed by atoms with E-state index >= 15 is 0 Å². The van der Waals surface area contributed by atoms with Crippen LogP contribution in [0.4, 0.5) is 0 Å². The van der Waals surface area contributed by atoms with Crippen LogP contribution in [0.15, 0.2) is 66.7 Å². The maximum absolute atomic E-state index is 12.4. The Labute approximate surface area is 213 Å². The predicted octanol–water partition coefficient (Wildman–Crippen LogP) is 5.88. The number of para-hydroxylation sites is 2. The van der Waals surface area contributed by atoms with Crippen LogP contribution in [-0.2, 0) is 13.0 Å². The zero-order chi connectivity index (χ0) is 25.3. The normalized spacial score (nSPS) is 11.0. The number of carbonyl (C=O) groups excluding carboxylic acids is 1. The highest BCUT2D eigenvalue weighted by Gasteiger charge is 2.11. The first-order valence-electron chi connectivity index (χ1n) is 12.6. The molecule has 0 saturated carbocycles. The van der Waals surface area contributed by atoms with E-state index in [-0.39, 0.29) is 5.91 Å². The number of nitrogens with one attached hydrogen (secondary N) is 1. The second kappa shape index (κ2) is 12.2. The van der Waals surface area contributed by atoms with Crippen LogP contribution >= 0.6 is 0 Å². The van der Waals surface area contributed by atoms with Gasteiger partial charge in [0, 0.05) is 18.5 Å². The molecule has 4 aromatic rings. The van der Waals surface area contributed by atoms with Crippen LogP contribution < -0.4 is 14.8 Å². The Bertz CT molecular complexity index is 1310. The fourth-order valence-corrected chi connectivity index (χ4v) is 4.28. The Morgan fingerprint density at radius 2 is 1.78 bits per heavy atom. The van der Waals surface area contributed by atoms with Crippen molar-refractivity contribution in [2.75, 3.05) is 20.3 Å². The number of ether oxygens (including phenoxy) is 2. The zero-order valence-corrected chi connectivity index (χ0v) is 21.4. The van der Waals surface area contributed by atoms with Crippen molar-refractivity contribution in [2.45, 2.75) is 46.1 Å². The summed E-state index contributed by atoms with van der Waals surface area (Å²) in [7, 11) is 1.60. The highest BCUT2D eigenvalue weighted by molar-refractivity contribution is 5.94. The first-order valence-corrected chi connectivity index (χ1v) is 12.6. The van der Waals surface area contributed by atoms with Crippen molar-refractivity contribution in [1.82, 2.24) is 14.9 Å². The molecule has 188 valence electrons. The van der Waals surface area contributed by atoms with Crippen LogP contribution in [-0.4, -0.2) is 35.7 Å². The molecular weight excluding hydrogens is 450 g/mol. The zero-order valence-electron chi connectivity index (χ0n) is 21.4. The quantitative estimate of drug-likeness (QED) is 0.254. The molecule has 0 atom stereocenters. The van der Waals surface area contributed by atoms with Gasteiger partial charge < -0.3 is 19.4 Å². The summed E-state index contributed by atoms with van der Waals surface area (Å²) in [5.74, 6) is 2.60. The average Bonchev–Trinajstić information content (AvgIpc) is 3.25. The second-order valence-corrected chi connectivity index (χ2v) is 9.06. The number of fused-ring (bicyclic) bond motifs is 1. The molecule has 0 aliphatic carbocycles. The molecule has 0 aliphatic rings. The number of hydrogen-bond acceptors (Lipinski definition) is 4. The lowest BCUT2D eigenvalue weighted by Gasteiger charge is -2.12. The molecule has 6 nitrogen and oxygen atoms in total. The Hall–Kier alpha value is -3.80. The average molecular weight is 486 g/mol. The number of nitrogens with zero attached hydrogens (tertiary/aromatic N) is 2. The minimum atomic E-state index is -0.0699. The SMILES string of the molecule is COc1cccc(C(=O)NCCCCCc2nc3ccccc3n2CCOc2ccc(C)c(C)c2)c1. The monoisotopic (exact) mass is 485 g/mol. The molecule has 0 unspecified atom stereocenters. The number of carbonyl (C=O) groups is 1. The molecule has 3 aromatic carbocycles. The van der Waals surface area contributed by atoms with Gasteiger partial charge in [-0.25, -0.2) is 4.98 Å². The van der Waals surface area contributed by atoms with E-state index < -0.39 is 0 Å². The molecule has 1 heterocycles. The summed E-state index contributed by atoms with van der Waals surface area (Å²) < 4.78 is 13.5. The van der Waals surface area contributed by atoms with Crippen LogP contribution in [0.5, 0.6) is 11.5 Å². The molecule has 0 aliphatic heterocycles. The van der Waals surface area contributed by atoms with E-state index in [1.807, 2.05) is 24.3 Å². The van der Waals surface area contributed by atoms with Crippen molar-refractivity contribution in [3.8, 4) is 11.5 Å². The molecule has 0 bridgehead atoms. The van der Waals surface area contributed by atoms with E-state index in [0.29, 0.717) is 24.5 Å². The van der Waals surface area contributed by atoms with E-state index in [2.05, 4.69) is 54.1 Å². The molecule has 4 rings (SSSR count). The van der Waals surface area contributed by atoms with Crippen molar-refractivity contribution in [3.05, 3.63) is 89.2 Å². The highest BCUT2D eigenvalue weighted by atomic mass is 16.5. The van der Waals surface area contributed by atoms with Gasteiger partial charge in [-0.2, -0.15) is 0 Å². The van der Waals surface area contributed by atoms with Crippen molar-refractivity contribution in [2.24, 2.45) is 0 Å². The topological polar surface area (TPSA) is 65.4 Å². The maximum Gasteiger partial charge on any atom is 0.251 e. The molecule has 0 saturated heterocycles. The van der Waals surface area contributed by atoms with E-state index in [4.69, 9.17) is 14.5 Å². The molecule has 6 heteroatoms. The third-order valence-electron chi connectivity index (χ3n) is 6.49. The van der Waals surface area contributed by atoms with Gasteiger partial charge in [0.05, 0.1) is 24.7 Å². The van der Waals surface area contributed by atoms with Gasteiger partial charge in [0.2, 0.25) is 0 Å². The van der Waals surface area contributed by atoms with Crippen LogP contribution in [0, 0.1) is 13.8 Å². The number of benzene rings is 3. The van der Waals surface area contributed by atoms with Crippen LogP contribution in [0.1, 0.15) is 46.6 Å². The Morgan fingerprint density at radius 3 is 2.61 bits per heavy atom. The Balaban J connectivity index is 1.27. The van der Waals surface area contributed by atoms with Crippen LogP contribution in [0.2, 0.25) is 0 Å². The van der Waals surface area contributed by atoms with Crippen molar-refractivity contribution >= 4 is 16.9 Å². The van der Waals surface area contributed by atoms with E-state index in [9.17, 15) is 4.79 Å². The number of hydrogen-bond donors (Lipinski definition) is 1. The number of aromatic nitrogens is 2. The molecule has 0 radical (unpaired) electrons. The summed E-state index contributed by atoms with van der Waals surface area (Å²) in [5.41, 5.74) is 5.28. The standard InChI is InChI=1S/C30H35N3O3/c1-22-15-16-26(20-23(22)2)36-19-18-33-28-13-7-6-12-27(28)32-29(33)14-5-4-8-17-31-30(34)24-10-9-11-25(21-24)35-3/h6-7,9-13,15-16,20-21H,4-5,8,14,17-19H2,1-3H3,(H,31,34). The summed E-state index contributed by atoms with van der Waals surface area (Å²) in [6.07, 6.45) is 3.84. The molecule has 0 fully saturated rings. The van der Waals surface area contributed by atoms with Gasteiger partial charge >= 0.3 is 0 Å². The molecular formula is C30H35N3O3. The van der Waals surface area contributed by atoms with Crippen LogP contribution in [0.25, 0.3) is 11.0 Å². The summed E-state index contributed by atoms with van der Waals surface area (Å²) in [4.78, 5) is 17.2. The number of aryl methyl sites for hydroxylation is 3. The van der Waals surface area contributed by atoms with Crippen molar-refractivity contribution < 1.29 is 14.3 Å². The first kappa shape index (κ1) is 25.3. The van der Waals surface area contributed by atoms with E-state index in [1.165, 1.54) is 11.1 Å². The third kappa shape index (κ3) is 6.45. The molecule has 1 aromatic heterocycles. The maximum atomic E-state index is 12.4. The lowest BCUT2D eigenvalue weighted by atomic mass is 10.1. The van der Waals surface area contributed by atoms with Crippen molar-refractivity contribution in [3.63, 3.8) is 0 Å². The summed E-state index contributed by atoms with van der Waals surface area (Å²) >= 11 is 0. The van der Waals surface area contributed by atoms with Gasteiger partial charge in [-0.05, 0) is 80.3 Å². The fraction of sp³-hybridized carbons (Fsp3) is 0.333. The van der Waals surface area contributed by atoms with E-state index in [1.54, 1.807) is 19.2 Å². The molecule has 36 heavy (non-hydrogen) atoms. The van der Waals surface area contributed by atoms with Crippen molar-refractivity contribution in [1.29, 1.82) is 0 Å². The Kier molecular flexibility index (Phi) is 8.61. The van der Waals surface area contributed by atoms with Gasteiger partial charge in [0.1, 0.15) is 23.9 Å². The van der Waals surface area contributed by atoms with Gasteiger partial charge in [0.15, 0.2) is 0 Å². The Morgan fingerprint density at radius 1 is 0.917 bits per heavy atom. The number of amides is 1. The summed E-state index contributed by atoms with van der Waals surface area (Å²) in [5, 5.41) is 3.00. The lowest BCUT2D eigenvalue weighted by molar-refractivity contribution is 0.0952. The summed E-state index contributed by atoms with van der Waals surface area (Å²) in [6.45, 7) is 6.20. The number of imidazole rings is 1. The minimum absolute atomic E-state index is 0.0699. The van der Waals surface area contributed by atoms with Gasteiger partial charge in [0.25, 0.3) is 5.91 Å². The van der Waals surface area contributed by atoms with Crippen LogP contribution in [0.3, 0.4) is 0 Å². The molecule has 0 spiro atoms. The largest absolute Gasteiger partial charge is 0.497 e. The number of methoxy groups -OCH3 is 1. The molecule has 1 N–H and O–H groups in total. The lowest BCUT2D eigenvalue weighted by Crippen LogP contribution is -2.24. The minimum Gasteiger partial charge on any atom is -0.497 e. The second-order valence-electron chi connectivity index (χ2n) is 9.06. The fourth-order valence-electron chi connectivity index (χ4n) is 4.28. The van der Waals surface area contributed by atoms with Gasteiger partial charge in [-0.1, -0.05) is 30.7 Å². The summed E-state index contributed by atoms with van der Waals surface area (Å²) in [6, 6.07) is 21.7.